The van der Waals surface area contributed by atoms with Crippen LogP contribution >= 0.6 is 0 Å². The Hall–Kier alpha value is -2.34. The topological polar surface area (TPSA) is 62.2 Å². The van der Waals surface area contributed by atoms with Gasteiger partial charge in [-0.2, -0.15) is 0 Å². The van der Waals surface area contributed by atoms with Gasteiger partial charge in [0.1, 0.15) is 17.7 Å². The van der Waals surface area contributed by atoms with E-state index >= 15 is 0 Å². The zero-order valence-electron chi connectivity index (χ0n) is 12.7. The van der Waals surface area contributed by atoms with Crippen molar-refractivity contribution in [3.63, 3.8) is 0 Å². The number of hydrogen-bond donors (Lipinski definition) is 2. The summed E-state index contributed by atoms with van der Waals surface area (Å²) in [4.78, 5) is 15.9. The minimum Gasteiger partial charge on any atom is -0.386 e. The van der Waals surface area contributed by atoms with E-state index in [4.69, 9.17) is 0 Å². The molecule has 0 aliphatic rings. The summed E-state index contributed by atoms with van der Waals surface area (Å²) in [6.07, 6.45) is 2.12. The fraction of sp³-hybridized carbons (Fsp3) is 0.294. The van der Waals surface area contributed by atoms with Gasteiger partial charge in [0.05, 0.1) is 18.0 Å². The predicted octanol–water partition coefficient (Wildman–Crippen LogP) is 2.53. The highest BCUT2D eigenvalue weighted by atomic mass is 19.1. The molecule has 0 saturated carbocycles. The van der Waals surface area contributed by atoms with E-state index in [0.29, 0.717) is 6.42 Å². The number of aromatic nitrogens is 1. The summed E-state index contributed by atoms with van der Waals surface area (Å²) in [5.41, 5.74) is 0.336. The van der Waals surface area contributed by atoms with Crippen LogP contribution in [-0.2, 0) is 11.2 Å². The predicted molar refractivity (Wildman–Crippen MR) is 81.5 cm³/mol. The number of carbonyl (C=O) groups excluding carboxylic acids is 1. The zero-order valence-corrected chi connectivity index (χ0v) is 12.7. The van der Waals surface area contributed by atoms with Gasteiger partial charge in [-0.25, -0.2) is 8.78 Å². The van der Waals surface area contributed by atoms with Crippen molar-refractivity contribution in [2.45, 2.75) is 31.9 Å². The van der Waals surface area contributed by atoms with Crippen molar-refractivity contribution in [1.82, 2.24) is 10.3 Å². The van der Waals surface area contributed by atoms with E-state index in [-0.39, 0.29) is 12.3 Å². The van der Waals surface area contributed by atoms with Gasteiger partial charge in [0, 0.05) is 12.4 Å². The quantitative estimate of drug-likeness (QED) is 0.860. The standard InChI is InChI=1S/C17H18F2N2O2/c1-2-14(17(23)16-12(18)4-3-5-13(16)19)21-15(22)10-11-6-8-20-9-7-11/h3-9,14,17,23H,2,10H2,1H3,(H,21,22)/t14-,17+/m0/s1. The maximum atomic E-state index is 13.8. The van der Waals surface area contributed by atoms with E-state index in [1.54, 1.807) is 31.5 Å². The molecule has 0 unspecified atom stereocenters. The van der Waals surface area contributed by atoms with Crippen LogP contribution in [0.1, 0.15) is 30.6 Å². The lowest BCUT2D eigenvalue weighted by Crippen LogP contribution is -2.40. The van der Waals surface area contributed by atoms with Crippen molar-refractivity contribution in [3.05, 3.63) is 65.5 Å². The van der Waals surface area contributed by atoms with Gasteiger partial charge >= 0.3 is 0 Å². The van der Waals surface area contributed by atoms with Gasteiger partial charge in [-0.3, -0.25) is 9.78 Å². The number of halogens is 2. The summed E-state index contributed by atoms with van der Waals surface area (Å²) in [6.45, 7) is 1.72. The molecule has 1 aromatic carbocycles. The third kappa shape index (κ3) is 4.32. The fourth-order valence-corrected chi connectivity index (χ4v) is 2.34. The number of benzene rings is 1. The third-order valence-corrected chi connectivity index (χ3v) is 3.58. The molecule has 0 spiro atoms. The van der Waals surface area contributed by atoms with Gasteiger partial charge in [-0.15, -0.1) is 0 Å². The molecule has 2 atom stereocenters. The molecule has 122 valence electrons. The Morgan fingerprint density at radius 3 is 2.39 bits per heavy atom. The first kappa shape index (κ1) is 17.0. The number of aliphatic hydroxyl groups excluding tert-OH is 1. The van der Waals surface area contributed by atoms with Crippen LogP contribution in [-0.4, -0.2) is 22.0 Å². The summed E-state index contributed by atoms with van der Waals surface area (Å²) in [5.74, 6) is -2.00. The SMILES string of the molecule is CC[C@H](NC(=O)Cc1ccncc1)[C@@H](O)c1c(F)cccc1F. The Morgan fingerprint density at radius 2 is 1.83 bits per heavy atom. The van der Waals surface area contributed by atoms with E-state index in [1.165, 1.54) is 6.07 Å². The van der Waals surface area contributed by atoms with Crippen LogP contribution in [0, 0.1) is 11.6 Å². The number of amides is 1. The number of rotatable bonds is 6. The van der Waals surface area contributed by atoms with E-state index < -0.39 is 29.3 Å². The molecule has 2 N–H and O–H groups in total. The largest absolute Gasteiger partial charge is 0.386 e. The molecular weight excluding hydrogens is 302 g/mol. The van der Waals surface area contributed by atoms with Crippen molar-refractivity contribution in [1.29, 1.82) is 0 Å². The summed E-state index contributed by atoms with van der Waals surface area (Å²) in [5, 5.41) is 12.9. The van der Waals surface area contributed by atoms with Crippen LogP contribution in [0.3, 0.4) is 0 Å². The number of hydrogen-bond acceptors (Lipinski definition) is 3. The van der Waals surface area contributed by atoms with Crippen molar-refractivity contribution in [3.8, 4) is 0 Å². The number of aliphatic hydroxyl groups is 1. The molecule has 0 saturated heterocycles. The van der Waals surface area contributed by atoms with Crippen LogP contribution in [0.25, 0.3) is 0 Å². The van der Waals surface area contributed by atoms with Crippen molar-refractivity contribution in [2.75, 3.05) is 0 Å². The number of nitrogens with zero attached hydrogens (tertiary/aromatic N) is 1. The molecule has 0 aliphatic carbocycles. The van der Waals surface area contributed by atoms with Gasteiger partial charge in [-0.05, 0) is 36.2 Å². The Morgan fingerprint density at radius 1 is 1.22 bits per heavy atom. The zero-order chi connectivity index (χ0) is 16.8. The second kappa shape index (κ2) is 7.78. The molecule has 4 nitrogen and oxygen atoms in total. The highest BCUT2D eigenvalue weighted by Crippen LogP contribution is 2.24. The highest BCUT2D eigenvalue weighted by Gasteiger charge is 2.26. The van der Waals surface area contributed by atoms with Crippen molar-refractivity contribution >= 4 is 5.91 Å². The summed E-state index contributed by atoms with van der Waals surface area (Å²) >= 11 is 0. The minimum atomic E-state index is -1.46. The first-order chi connectivity index (χ1) is 11.0. The lowest BCUT2D eigenvalue weighted by molar-refractivity contribution is -0.122. The number of nitrogens with one attached hydrogen (secondary N) is 1. The number of carbonyl (C=O) groups is 1. The lowest BCUT2D eigenvalue weighted by atomic mass is 9.98. The first-order valence-electron chi connectivity index (χ1n) is 7.33. The molecule has 1 heterocycles. The van der Waals surface area contributed by atoms with Crippen LogP contribution in [0.15, 0.2) is 42.7 Å². The van der Waals surface area contributed by atoms with Crippen LogP contribution < -0.4 is 5.32 Å². The summed E-state index contributed by atoms with van der Waals surface area (Å²) in [7, 11) is 0. The molecule has 0 bridgehead atoms. The van der Waals surface area contributed by atoms with Crippen molar-refractivity contribution < 1.29 is 18.7 Å². The van der Waals surface area contributed by atoms with Gasteiger partial charge in [0.25, 0.3) is 0 Å². The highest BCUT2D eigenvalue weighted by molar-refractivity contribution is 5.78. The molecule has 0 aliphatic heterocycles. The molecule has 0 fully saturated rings. The second-order valence-corrected chi connectivity index (χ2v) is 5.19. The molecule has 2 aromatic rings. The van der Waals surface area contributed by atoms with Gasteiger partial charge < -0.3 is 10.4 Å². The third-order valence-electron chi connectivity index (χ3n) is 3.58. The van der Waals surface area contributed by atoms with Crippen LogP contribution in [0.4, 0.5) is 8.78 Å². The Bertz CT molecular complexity index is 645. The molecule has 1 amide bonds. The van der Waals surface area contributed by atoms with Crippen LogP contribution in [0.5, 0.6) is 0 Å². The summed E-state index contributed by atoms with van der Waals surface area (Å²) in [6, 6.07) is 6.00. The van der Waals surface area contributed by atoms with E-state index in [2.05, 4.69) is 10.3 Å². The molecule has 23 heavy (non-hydrogen) atoms. The molecular formula is C17H18F2N2O2. The first-order valence-corrected chi connectivity index (χ1v) is 7.33. The Balaban J connectivity index is 2.08. The van der Waals surface area contributed by atoms with Gasteiger partial charge in [-0.1, -0.05) is 13.0 Å². The van der Waals surface area contributed by atoms with E-state index in [1.807, 2.05) is 0 Å². The minimum absolute atomic E-state index is 0.103. The molecule has 2 rings (SSSR count). The number of pyridine rings is 1. The maximum Gasteiger partial charge on any atom is 0.224 e. The van der Waals surface area contributed by atoms with E-state index in [0.717, 1.165) is 17.7 Å². The summed E-state index contributed by atoms with van der Waals surface area (Å²) < 4.78 is 27.5. The van der Waals surface area contributed by atoms with E-state index in [9.17, 15) is 18.7 Å². The lowest BCUT2D eigenvalue weighted by Gasteiger charge is -2.24. The molecule has 6 heteroatoms. The van der Waals surface area contributed by atoms with Crippen molar-refractivity contribution in [2.24, 2.45) is 0 Å². The maximum absolute atomic E-state index is 13.8. The monoisotopic (exact) mass is 320 g/mol. The van der Waals surface area contributed by atoms with Gasteiger partial charge in [0.2, 0.25) is 5.91 Å². The second-order valence-electron chi connectivity index (χ2n) is 5.19. The molecule has 0 radical (unpaired) electrons. The fourth-order valence-electron chi connectivity index (χ4n) is 2.34. The average Bonchev–Trinajstić information content (AvgIpc) is 2.53. The Labute approximate surface area is 133 Å². The Kier molecular flexibility index (Phi) is 5.76. The normalized spacial score (nSPS) is 13.4. The van der Waals surface area contributed by atoms with Gasteiger partial charge in [0.15, 0.2) is 0 Å². The van der Waals surface area contributed by atoms with Crippen LogP contribution in [0.2, 0.25) is 0 Å². The molecule has 1 aromatic heterocycles. The smallest absolute Gasteiger partial charge is 0.224 e. The average molecular weight is 320 g/mol.